The standard InChI is InChI=1S/C20H14N2O3S/c1-24-12-6-4-5-11(9-12)16-14(10-21)19(22)25-18-13-7-2-3-8-15(13)26-20(23)17(16)18/h2-9,16H,22H2,1H3. The fraction of sp³-hybridized carbons (Fsp3) is 0.100. The Morgan fingerprint density at radius 1 is 1.23 bits per heavy atom. The molecule has 0 saturated heterocycles. The minimum absolute atomic E-state index is 0.0218. The highest BCUT2D eigenvalue weighted by Crippen LogP contribution is 2.44. The van der Waals surface area contributed by atoms with Gasteiger partial charge in [-0.3, -0.25) is 4.79 Å². The average Bonchev–Trinajstić information content (AvgIpc) is 2.67. The van der Waals surface area contributed by atoms with E-state index in [4.69, 9.17) is 15.2 Å². The molecule has 1 atom stereocenters. The Balaban J connectivity index is 2.07. The fourth-order valence-electron chi connectivity index (χ4n) is 3.22. The number of hydrogen-bond donors (Lipinski definition) is 1. The molecule has 2 N–H and O–H groups in total. The Hall–Kier alpha value is -3.30. The number of nitrogens with two attached hydrogens (primary N) is 1. The zero-order valence-corrected chi connectivity index (χ0v) is 14.7. The van der Waals surface area contributed by atoms with Crippen LogP contribution in [0.2, 0.25) is 0 Å². The van der Waals surface area contributed by atoms with Crippen molar-refractivity contribution in [3.8, 4) is 17.6 Å². The lowest BCUT2D eigenvalue weighted by molar-refractivity contribution is 0.397. The normalized spacial score (nSPS) is 15.9. The van der Waals surface area contributed by atoms with Crippen molar-refractivity contribution in [2.45, 2.75) is 5.92 Å². The summed E-state index contributed by atoms with van der Waals surface area (Å²) in [4.78, 5) is 12.9. The molecule has 0 radical (unpaired) electrons. The molecule has 5 nitrogen and oxygen atoms in total. The van der Waals surface area contributed by atoms with Gasteiger partial charge in [-0.2, -0.15) is 5.26 Å². The lowest BCUT2D eigenvalue weighted by atomic mass is 9.84. The van der Waals surface area contributed by atoms with E-state index in [0.717, 1.165) is 27.0 Å². The summed E-state index contributed by atoms with van der Waals surface area (Å²) in [6, 6.07) is 16.9. The van der Waals surface area contributed by atoms with E-state index in [1.54, 1.807) is 7.11 Å². The molecule has 0 bridgehead atoms. The first-order valence-electron chi connectivity index (χ1n) is 7.91. The quantitative estimate of drug-likeness (QED) is 0.754. The highest BCUT2D eigenvalue weighted by atomic mass is 32.1. The molecule has 1 aliphatic rings. The maximum absolute atomic E-state index is 12.9. The van der Waals surface area contributed by atoms with Crippen LogP contribution in [-0.2, 0) is 0 Å². The number of nitrogens with zero attached hydrogens (tertiary/aromatic N) is 1. The van der Waals surface area contributed by atoms with Gasteiger partial charge in [-0.25, -0.2) is 0 Å². The Bertz CT molecular complexity index is 1160. The van der Waals surface area contributed by atoms with E-state index in [-0.39, 0.29) is 16.2 Å². The summed E-state index contributed by atoms with van der Waals surface area (Å²) in [7, 11) is 1.57. The van der Waals surface area contributed by atoms with Crippen molar-refractivity contribution in [3.63, 3.8) is 0 Å². The molecule has 3 aromatic rings. The van der Waals surface area contributed by atoms with Crippen LogP contribution in [0.5, 0.6) is 11.5 Å². The van der Waals surface area contributed by atoms with Crippen molar-refractivity contribution in [2.75, 3.05) is 7.11 Å². The summed E-state index contributed by atoms with van der Waals surface area (Å²) in [5, 5.41) is 10.5. The molecule has 128 valence electrons. The summed E-state index contributed by atoms with van der Waals surface area (Å²) >= 11 is 1.14. The Morgan fingerprint density at radius 2 is 2.04 bits per heavy atom. The van der Waals surface area contributed by atoms with Gasteiger partial charge in [0.25, 0.3) is 0 Å². The van der Waals surface area contributed by atoms with Crippen molar-refractivity contribution in [2.24, 2.45) is 5.73 Å². The van der Waals surface area contributed by atoms with Crippen LogP contribution in [0.3, 0.4) is 0 Å². The van der Waals surface area contributed by atoms with E-state index in [1.165, 1.54) is 0 Å². The summed E-state index contributed by atoms with van der Waals surface area (Å²) in [5.74, 6) is 0.498. The molecule has 0 amide bonds. The minimum atomic E-state index is -0.591. The van der Waals surface area contributed by atoms with Crippen LogP contribution in [0.1, 0.15) is 17.0 Å². The van der Waals surface area contributed by atoms with Crippen molar-refractivity contribution < 1.29 is 9.47 Å². The van der Waals surface area contributed by atoms with Crippen LogP contribution in [0.15, 0.2) is 64.8 Å². The van der Waals surface area contributed by atoms with Crippen molar-refractivity contribution >= 4 is 21.4 Å². The van der Waals surface area contributed by atoms with E-state index >= 15 is 0 Å². The van der Waals surface area contributed by atoms with Gasteiger partial charge in [0, 0.05) is 10.1 Å². The molecule has 4 rings (SSSR count). The maximum Gasteiger partial charge on any atom is 0.240 e. The van der Waals surface area contributed by atoms with Crippen molar-refractivity contribution in [1.29, 1.82) is 5.26 Å². The predicted molar refractivity (Wildman–Crippen MR) is 100 cm³/mol. The molecule has 6 heteroatoms. The number of ether oxygens (including phenoxy) is 2. The van der Waals surface area contributed by atoms with Gasteiger partial charge in [-0.05, 0) is 29.8 Å². The molecule has 0 saturated carbocycles. The van der Waals surface area contributed by atoms with E-state index < -0.39 is 5.92 Å². The van der Waals surface area contributed by atoms with E-state index in [1.807, 2.05) is 48.5 Å². The maximum atomic E-state index is 12.9. The number of nitriles is 1. The molecule has 1 unspecified atom stereocenters. The fourth-order valence-corrected chi connectivity index (χ4v) is 4.16. The zero-order valence-electron chi connectivity index (χ0n) is 13.9. The highest BCUT2D eigenvalue weighted by molar-refractivity contribution is 7.16. The minimum Gasteiger partial charge on any atom is -0.497 e. The first kappa shape index (κ1) is 16.2. The second-order valence-electron chi connectivity index (χ2n) is 5.83. The third-order valence-electron chi connectivity index (χ3n) is 4.40. The van der Waals surface area contributed by atoms with Gasteiger partial charge in [0.05, 0.1) is 18.6 Å². The Labute approximate surface area is 153 Å². The van der Waals surface area contributed by atoms with Gasteiger partial charge in [0.2, 0.25) is 10.6 Å². The molecule has 2 aromatic carbocycles. The first-order valence-corrected chi connectivity index (χ1v) is 8.73. The van der Waals surface area contributed by atoms with Crippen LogP contribution < -0.4 is 19.9 Å². The second-order valence-corrected chi connectivity index (χ2v) is 6.84. The number of hydrogen-bond acceptors (Lipinski definition) is 6. The molecule has 1 aliphatic heterocycles. The van der Waals surface area contributed by atoms with Gasteiger partial charge in [0.1, 0.15) is 23.1 Å². The first-order chi connectivity index (χ1) is 12.6. The molecule has 0 fully saturated rings. The number of allylic oxidation sites excluding steroid dienone is 1. The van der Waals surface area contributed by atoms with Crippen LogP contribution in [0.25, 0.3) is 10.1 Å². The van der Waals surface area contributed by atoms with E-state index in [9.17, 15) is 10.1 Å². The van der Waals surface area contributed by atoms with Crippen molar-refractivity contribution in [1.82, 2.24) is 0 Å². The third-order valence-corrected chi connectivity index (χ3v) is 5.38. The van der Waals surface area contributed by atoms with Gasteiger partial charge < -0.3 is 15.2 Å². The Kier molecular flexibility index (Phi) is 3.86. The van der Waals surface area contributed by atoms with Gasteiger partial charge in [-0.15, -0.1) is 0 Å². The van der Waals surface area contributed by atoms with Gasteiger partial charge in [-0.1, -0.05) is 35.6 Å². The predicted octanol–water partition coefficient (Wildman–Crippen LogP) is 3.49. The molecule has 1 aromatic heterocycles. The van der Waals surface area contributed by atoms with Gasteiger partial charge >= 0.3 is 0 Å². The van der Waals surface area contributed by atoms with Gasteiger partial charge in [0.15, 0.2) is 0 Å². The van der Waals surface area contributed by atoms with Crippen LogP contribution in [-0.4, -0.2) is 7.11 Å². The highest BCUT2D eigenvalue weighted by Gasteiger charge is 2.34. The molecule has 26 heavy (non-hydrogen) atoms. The number of fused-ring (bicyclic) bond motifs is 3. The van der Waals surface area contributed by atoms with E-state index in [0.29, 0.717) is 17.1 Å². The largest absolute Gasteiger partial charge is 0.497 e. The zero-order chi connectivity index (χ0) is 18.3. The Morgan fingerprint density at radius 3 is 2.81 bits per heavy atom. The monoisotopic (exact) mass is 362 g/mol. The molecular formula is C20H14N2O3S. The van der Waals surface area contributed by atoms with E-state index in [2.05, 4.69) is 6.07 Å². The lowest BCUT2D eigenvalue weighted by Gasteiger charge is -2.26. The molecule has 2 heterocycles. The van der Waals surface area contributed by atoms with Crippen molar-refractivity contribution in [3.05, 3.63) is 80.7 Å². The number of rotatable bonds is 2. The third kappa shape index (κ3) is 2.41. The SMILES string of the molecule is COc1cccc(C2C(C#N)=C(N)Oc3c2c(=O)sc2ccccc32)c1. The summed E-state index contributed by atoms with van der Waals surface area (Å²) < 4.78 is 11.7. The number of methoxy groups -OCH3 is 1. The van der Waals surface area contributed by atoms with Crippen LogP contribution in [0.4, 0.5) is 0 Å². The molecule has 0 aliphatic carbocycles. The number of benzene rings is 2. The lowest BCUT2D eigenvalue weighted by Crippen LogP contribution is -2.25. The topological polar surface area (TPSA) is 85.3 Å². The average molecular weight is 362 g/mol. The molecular weight excluding hydrogens is 348 g/mol. The summed E-state index contributed by atoms with van der Waals surface area (Å²) in [6.45, 7) is 0. The van der Waals surface area contributed by atoms with Crippen LogP contribution >= 0.6 is 11.3 Å². The summed E-state index contributed by atoms with van der Waals surface area (Å²) in [5.41, 5.74) is 7.47. The summed E-state index contributed by atoms with van der Waals surface area (Å²) in [6.07, 6.45) is 0. The van der Waals surface area contributed by atoms with Crippen LogP contribution in [0, 0.1) is 11.3 Å². The smallest absolute Gasteiger partial charge is 0.240 e. The molecule has 0 spiro atoms. The second kappa shape index (κ2) is 6.21.